The van der Waals surface area contributed by atoms with E-state index in [1.54, 1.807) is 0 Å². The van der Waals surface area contributed by atoms with Crippen molar-refractivity contribution in [2.24, 2.45) is 0 Å². The molecule has 97 heavy (non-hydrogen) atoms. The quantitative estimate of drug-likeness (QED) is 0.154. The van der Waals surface area contributed by atoms with E-state index in [2.05, 4.69) is 339 Å². The summed E-state index contributed by atoms with van der Waals surface area (Å²) < 4.78 is 4.70. The number of allylic oxidation sites excluding steroid dienone is 2. The van der Waals surface area contributed by atoms with Crippen LogP contribution < -0.4 is 5.32 Å². The van der Waals surface area contributed by atoms with E-state index < -0.39 is 5.41 Å². The summed E-state index contributed by atoms with van der Waals surface area (Å²) in [5.41, 5.74) is 34.8. The Morgan fingerprint density at radius 1 is 0.330 bits per heavy atom. The third-order valence-corrected chi connectivity index (χ3v) is 22.4. The van der Waals surface area contributed by atoms with Crippen molar-refractivity contribution in [1.29, 1.82) is 0 Å². The SMILES string of the molecule is CC1(C)c2cc(/C=C/c3ccc4c(c3)C3(c5ccccc5-c5ccccc53)c3cc(/C=C/c5ccc6c(c5)C(C)(C)c5cc(-c7ccc8c(c7)c7ccccc7n8C7C=CC=CN7)ccc5-6)ccc3-4)ccc2-c2ccc(-c3ccc4c(c3)c3ccccc3n4-c3ccccn3)cc21. The highest BCUT2D eigenvalue weighted by molar-refractivity contribution is 6.11. The van der Waals surface area contributed by atoms with Gasteiger partial charge in [-0.15, -0.1) is 0 Å². The second kappa shape index (κ2) is 20.6. The molecular weight excluding hydrogens is 1170 g/mol. The summed E-state index contributed by atoms with van der Waals surface area (Å²) in [6.45, 7) is 9.59. The number of fused-ring (bicyclic) bond motifs is 22. The Morgan fingerprint density at radius 3 is 1.25 bits per heavy atom. The molecule has 12 aromatic carbocycles. The predicted molar refractivity (Wildman–Crippen MR) is 405 cm³/mol. The van der Waals surface area contributed by atoms with Gasteiger partial charge in [0, 0.05) is 38.6 Å². The van der Waals surface area contributed by atoms with E-state index in [9.17, 15) is 0 Å². The van der Waals surface area contributed by atoms with Crippen molar-refractivity contribution in [3.05, 3.63) is 358 Å². The summed E-state index contributed by atoms with van der Waals surface area (Å²) in [6.07, 6.45) is 19.7. The molecule has 0 saturated heterocycles. The predicted octanol–water partition coefficient (Wildman–Crippen LogP) is 23.1. The summed E-state index contributed by atoms with van der Waals surface area (Å²) in [5.74, 6) is 0.925. The fourth-order valence-electron chi connectivity index (χ4n) is 17.8. The molecule has 458 valence electrons. The van der Waals surface area contributed by atoms with Crippen molar-refractivity contribution >= 4 is 67.9 Å². The van der Waals surface area contributed by atoms with E-state index in [0.717, 1.165) is 16.9 Å². The fourth-order valence-corrected chi connectivity index (χ4v) is 17.8. The lowest BCUT2D eigenvalue weighted by Crippen LogP contribution is -2.26. The molecule has 0 fully saturated rings. The molecule has 4 aliphatic carbocycles. The number of benzene rings is 12. The van der Waals surface area contributed by atoms with E-state index in [4.69, 9.17) is 4.98 Å². The van der Waals surface area contributed by atoms with Gasteiger partial charge in [-0.05, 0) is 225 Å². The molecule has 4 heteroatoms. The van der Waals surface area contributed by atoms with E-state index in [1.165, 1.54) is 166 Å². The number of rotatable bonds is 8. The summed E-state index contributed by atoms with van der Waals surface area (Å²) >= 11 is 0. The lowest BCUT2D eigenvalue weighted by molar-refractivity contribution is 0.578. The number of para-hydroxylation sites is 2. The molecule has 4 heterocycles. The van der Waals surface area contributed by atoms with Gasteiger partial charge in [-0.25, -0.2) is 4.98 Å². The van der Waals surface area contributed by atoms with Gasteiger partial charge in [0.05, 0.1) is 27.5 Å². The van der Waals surface area contributed by atoms with Crippen LogP contribution in [0.5, 0.6) is 0 Å². The minimum Gasteiger partial charge on any atom is -0.368 e. The molecule has 1 aliphatic heterocycles. The Labute approximate surface area is 564 Å². The van der Waals surface area contributed by atoms with Crippen molar-refractivity contribution in [1.82, 2.24) is 19.4 Å². The minimum absolute atomic E-state index is 0.0534. The first-order valence-corrected chi connectivity index (χ1v) is 34.1. The molecule has 15 aromatic rings. The molecule has 0 saturated carbocycles. The van der Waals surface area contributed by atoms with Gasteiger partial charge in [-0.3, -0.25) is 4.57 Å². The van der Waals surface area contributed by atoms with Crippen molar-refractivity contribution in [3.63, 3.8) is 0 Å². The van der Waals surface area contributed by atoms with E-state index in [0.29, 0.717) is 0 Å². The van der Waals surface area contributed by atoms with Crippen molar-refractivity contribution in [3.8, 4) is 72.6 Å². The van der Waals surface area contributed by atoms with Gasteiger partial charge in [0.15, 0.2) is 0 Å². The van der Waals surface area contributed by atoms with Crippen LogP contribution in [0, 0.1) is 0 Å². The van der Waals surface area contributed by atoms with E-state index >= 15 is 0 Å². The van der Waals surface area contributed by atoms with Crippen molar-refractivity contribution in [2.45, 2.75) is 50.1 Å². The average molecular weight is 1240 g/mol. The smallest absolute Gasteiger partial charge is 0.137 e. The summed E-state index contributed by atoms with van der Waals surface area (Å²) in [7, 11) is 0. The van der Waals surface area contributed by atoms with Crippen LogP contribution in [0.1, 0.15) is 101 Å². The van der Waals surface area contributed by atoms with Crippen LogP contribution in [0.3, 0.4) is 0 Å². The monoisotopic (exact) mass is 1240 g/mol. The van der Waals surface area contributed by atoms with Crippen LogP contribution in [-0.2, 0) is 16.2 Å². The molecule has 1 N–H and O–H groups in total. The van der Waals surface area contributed by atoms with Gasteiger partial charge < -0.3 is 9.88 Å². The molecular formula is C93H66N4. The van der Waals surface area contributed by atoms with Crippen LogP contribution in [0.15, 0.2) is 291 Å². The van der Waals surface area contributed by atoms with Crippen LogP contribution in [0.25, 0.3) is 140 Å². The summed E-state index contributed by atoms with van der Waals surface area (Å²) in [5, 5.41) is 8.55. The molecule has 1 unspecified atom stereocenters. The number of nitrogens with zero attached hydrogens (tertiary/aromatic N) is 3. The highest BCUT2D eigenvalue weighted by Crippen LogP contribution is 2.63. The lowest BCUT2D eigenvalue weighted by atomic mass is 9.70. The van der Waals surface area contributed by atoms with Crippen molar-refractivity contribution in [2.75, 3.05) is 0 Å². The summed E-state index contributed by atoms with van der Waals surface area (Å²) in [4.78, 5) is 4.76. The number of hydrogen-bond acceptors (Lipinski definition) is 2. The number of pyridine rings is 1. The lowest BCUT2D eigenvalue weighted by Gasteiger charge is -2.30. The number of dihydropyridines is 1. The molecule has 0 bridgehead atoms. The molecule has 5 aliphatic rings. The van der Waals surface area contributed by atoms with E-state index in [-0.39, 0.29) is 17.0 Å². The highest BCUT2D eigenvalue weighted by atomic mass is 15.2. The Hall–Kier alpha value is -11.9. The van der Waals surface area contributed by atoms with Gasteiger partial charge in [0.2, 0.25) is 0 Å². The minimum atomic E-state index is -0.493. The van der Waals surface area contributed by atoms with Gasteiger partial charge >= 0.3 is 0 Å². The Balaban J connectivity index is 0.604. The standard InChI is InChI=1S/C93H66N4/c1-91(2)79-49-57(31-39-67(79)69-43-35-63(55-81(69)91)61-37-45-87-75(53-61)73-19-7-11-23-85(73)96(87)89-25-13-15-47-94-89)27-29-59-33-41-71-72-42-34-60(52-84(72)93(83(71)51-59)77-21-9-5-17-65(77)66-18-6-10-22-78(66)93)30-28-58-32-40-68-70-44-36-64(56-82(70)92(3,4)80(68)50-58)62-38-46-88-76(54-62)74-20-8-12-24-86(74)97(88)90-26-14-16-48-95-90/h5-56,89,94H,1-4H3/b29-27+,30-28+. The number of nitrogens with one attached hydrogen (secondary N) is 1. The first-order valence-electron chi connectivity index (χ1n) is 34.1. The third kappa shape index (κ3) is 8.02. The van der Waals surface area contributed by atoms with Gasteiger partial charge in [0.1, 0.15) is 12.0 Å². The molecule has 0 amide bonds. The zero-order valence-electron chi connectivity index (χ0n) is 54.4. The zero-order valence-corrected chi connectivity index (χ0v) is 54.4. The fraction of sp³-hybridized carbons (Fsp3) is 0.0860. The maximum atomic E-state index is 4.76. The second-order valence-electron chi connectivity index (χ2n) is 28.2. The molecule has 20 rings (SSSR count). The van der Waals surface area contributed by atoms with Crippen molar-refractivity contribution < 1.29 is 0 Å². The molecule has 1 atom stereocenters. The highest BCUT2D eigenvalue weighted by Gasteiger charge is 2.52. The first-order chi connectivity index (χ1) is 47.6. The van der Waals surface area contributed by atoms with Gasteiger partial charge in [-0.1, -0.05) is 246 Å². The molecule has 1 spiro atoms. The van der Waals surface area contributed by atoms with E-state index in [1.807, 2.05) is 18.5 Å². The Kier molecular flexibility index (Phi) is 11.8. The van der Waals surface area contributed by atoms with Crippen LogP contribution in [-0.4, -0.2) is 14.1 Å². The normalized spacial score (nSPS) is 15.9. The number of hydrogen-bond donors (Lipinski definition) is 1. The largest absolute Gasteiger partial charge is 0.368 e. The third-order valence-electron chi connectivity index (χ3n) is 22.4. The maximum Gasteiger partial charge on any atom is 0.137 e. The Morgan fingerprint density at radius 2 is 0.722 bits per heavy atom. The summed E-state index contributed by atoms with van der Waals surface area (Å²) in [6, 6.07) is 98.6. The van der Waals surface area contributed by atoms with Crippen LogP contribution in [0.2, 0.25) is 0 Å². The average Bonchev–Trinajstić information content (AvgIpc) is 1.51. The topological polar surface area (TPSA) is 34.8 Å². The maximum absolute atomic E-state index is 4.76. The molecule has 0 radical (unpaired) electrons. The van der Waals surface area contributed by atoms with Gasteiger partial charge in [0.25, 0.3) is 0 Å². The Bertz CT molecular complexity index is 6010. The first kappa shape index (κ1) is 55.6. The zero-order chi connectivity index (χ0) is 64.5. The second-order valence-corrected chi connectivity index (χ2v) is 28.2. The molecule has 3 aromatic heterocycles. The number of aromatic nitrogens is 3. The van der Waals surface area contributed by atoms with Crippen LogP contribution in [0.4, 0.5) is 0 Å². The van der Waals surface area contributed by atoms with Gasteiger partial charge in [-0.2, -0.15) is 0 Å². The molecule has 4 nitrogen and oxygen atoms in total. The van der Waals surface area contributed by atoms with Crippen LogP contribution >= 0.6 is 0 Å².